The van der Waals surface area contributed by atoms with E-state index in [4.69, 9.17) is 4.74 Å². The first-order chi connectivity index (χ1) is 8.33. The number of unbranched alkanes of at least 4 members (excludes halogenated alkanes) is 3. The molecule has 1 aromatic rings. The number of hydrogen-bond donors (Lipinski definition) is 0. The van der Waals surface area contributed by atoms with Crippen molar-refractivity contribution in [3.8, 4) is 0 Å². The zero-order chi connectivity index (χ0) is 12.3. The first kappa shape index (κ1) is 14.1. The van der Waals surface area contributed by atoms with Gasteiger partial charge in [-0.25, -0.2) is 0 Å². The van der Waals surface area contributed by atoms with Gasteiger partial charge in [0.05, 0.1) is 12.4 Å². The van der Waals surface area contributed by atoms with E-state index in [-0.39, 0.29) is 5.97 Å². The van der Waals surface area contributed by atoms with E-state index in [0.29, 0.717) is 12.4 Å². The van der Waals surface area contributed by atoms with Crippen molar-refractivity contribution in [2.75, 3.05) is 12.4 Å². The molecular weight excluding hydrogens is 232 g/mol. The zero-order valence-corrected chi connectivity index (χ0v) is 11.2. The van der Waals surface area contributed by atoms with Crippen LogP contribution in [0, 0.1) is 0 Å². The molecule has 0 aliphatic heterocycles. The normalized spacial score (nSPS) is 10.2. The molecule has 0 aliphatic carbocycles. The van der Waals surface area contributed by atoms with Gasteiger partial charge in [-0.1, -0.05) is 44.4 Å². The number of esters is 1. The highest BCUT2D eigenvalue weighted by Crippen LogP contribution is 2.16. The quantitative estimate of drug-likeness (QED) is 0.399. The molecule has 0 aromatic heterocycles. The molecule has 1 rings (SSSR count). The Morgan fingerprint density at radius 1 is 1.18 bits per heavy atom. The van der Waals surface area contributed by atoms with E-state index in [1.54, 1.807) is 0 Å². The van der Waals surface area contributed by atoms with Gasteiger partial charge in [0.2, 0.25) is 0 Å². The van der Waals surface area contributed by atoms with Crippen molar-refractivity contribution in [2.24, 2.45) is 0 Å². The second kappa shape index (κ2) is 9.11. The lowest BCUT2D eigenvalue weighted by Gasteiger charge is -2.04. The fourth-order valence-electron chi connectivity index (χ4n) is 1.42. The second-order valence-electron chi connectivity index (χ2n) is 3.88. The fourth-order valence-corrected chi connectivity index (χ4v) is 2.13. The molecule has 3 heteroatoms. The molecule has 0 radical (unpaired) electrons. The molecule has 0 bridgehead atoms. The van der Waals surface area contributed by atoms with Gasteiger partial charge in [-0.15, -0.1) is 11.8 Å². The molecule has 0 saturated carbocycles. The highest BCUT2D eigenvalue weighted by Gasteiger charge is 2.03. The lowest BCUT2D eigenvalue weighted by atomic mass is 10.2. The van der Waals surface area contributed by atoms with Crippen molar-refractivity contribution in [3.63, 3.8) is 0 Å². The van der Waals surface area contributed by atoms with E-state index in [1.165, 1.54) is 24.6 Å². The molecule has 0 heterocycles. The van der Waals surface area contributed by atoms with Crippen molar-refractivity contribution < 1.29 is 9.53 Å². The number of benzene rings is 1. The molecular formula is C14H20O2S. The van der Waals surface area contributed by atoms with Gasteiger partial charge >= 0.3 is 5.97 Å². The topological polar surface area (TPSA) is 26.3 Å². The van der Waals surface area contributed by atoms with Crippen molar-refractivity contribution in [2.45, 2.75) is 37.5 Å². The highest BCUT2D eigenvalue weighted by atomic mass is 32.2. The number of rotatable bonds is 8. The molecule has 2 nitrogen and oxygen atoms in total. The predicted octanol–water partition coefficient (Wildman–Crippen LogP) is 3.90. The Morgan fingerprint density at radius 2 is 1.94 bits per heavy atom. The maximum absolute atomic E-state index is 11.4. The molecule has 94 valence electrons. The molecule has 0 spiro atoms. The first-order valence-electron chi connectivity index (χ1n) is 6.16. The molecule has 0 saturated heterocycles. The van der Waals surface area contributed by atoms with Gasteiger partial charge in [0.15, 0.2) is 0 Å². The summed E-state index contributed by atoms with van der Waals surface area (Å²) in [5, 5.41) is 0. The molecule has 0 N–H and O–H groups in total. The molecule has 0 amide bonds. The fraction of sp³-hybridized carbons (Fsp3) is 0.500. The Labute approximate surface area is 108 Å². The summed E-state index contributed by atoms with van der Waals surface area (Å²) in [4.78, 5) is 12.5. The average molecular weight is 252 g/mol. The lowest BCUT2D eigenvalue weighted by Crippen LogP contribution is -2.08. The summed E-state index contributed by atoms with van der Waals surface area (Å²) in [6.45, 7) is 2.73. The largest absolute Gasteiger partial charge is 0.465 e. The van der Waals surface area contributed by atoms with E-state index in [1.807, 2.05) is 30.3 Å². The summed E-state index contributed by atoms with van der Waals surface area (Å²) in [5.74, 6) is 0.285. The van der Waals surface area contributed by atoms with Crippen LogP contribution in [0.25, 0.3) is 0 Å². The van der Waals surface area contributed by atoms with Crippen molar-refractivity contribution >= 4 is 17.7 Å². The van der Waals surface area contributed by atoms with Crippen LogP contribution in [0.5, 0.6) is 0 Å². The molecule has 1 aromatic carbocycles. The summed E-state index contributed by atoms with van der Waals surface area (Å²) in [6.07, 6.45) is 4.55. The van der Waals surface area contributed by atoms with Crippen LogP contribution < -0.4 is 0 Å². The minimum Gasteiger partial charge on any atom is -0.465 e. The third-order valence-electron chi connectivity index (χ3n) is 2.36. The summed E-state index contributed by atoms with van der Waals surface area (Å²) in [6, 6.07) is 9.91. The van der Waals surface area contributed by atoms with Crippen LogP contribution in [0.15, 0.2) is 35.2 Å². The van der Waals surface area contributed by atoms with E-state index >= 15 is 0 Å². The Balaban J connectivity index is 2.05. The van der Waals surface area contributed by atoms with Gasteiger partial charge < -0.3 is 4.74 Å². The Kier molecular flexibility index (Phi) is 7.56. The van der Waals surface area contributed by atoms with Crippen molar-refractivity contribution in [1.82, 2.24) is 0 Å². The Morgan fingerprint density at radius 3 is 2.65 bits per heavy atom. The molecule has 0 unspecified atom stereocenters. The van der Waals surface area contributed by atoms with Crippen LogP contribution in [-0.4, -0.2) is 18.3 Å². The summed E-state index contributed by atoms with van der Waals surface area (Å²) in [5.41, 5.74) is 0. The second-order valence-corrected chi connectivity index (χ2v) is 4.93. The van der Waals surface area contributed by atoms with Crippen LogP contribution in [-0.2, 0) is 9.53 Å². The summed E-state index contributed by atoms with van der Waals surface area (Å²) in [7, 11) is 0. The van der Waals surface area contributed by atoms with E-state index in [9.17, 15) is 4.79 Å². The molecule has 0 aliphatic rings. The Hall–Kier alpha value is -0.960. The van der Waals surface area contributed by atoms with Gasteiger partial charge in [0, 0.05) is 4.90 Å². The number of ether oxygens (including phenoxy) is 1. The van der Waals surface area contributed by atoms with Crippen molar-refractivity contribution in [1.29, 1.82) is 0 Å². The minimum absolute atomic E-state index is 0.115. The maximum atomic E-state index is 11.4. The average Bonchev–Trinajstić information content (AvgIpc) is 2.37. The standard InChI is InChI=1S/C14H20O2S/c1-2-3-4-8-11-16-14(15)12-17-13-9-6-5-7-10-13/h5-7,9-10H,2-4,8,11-12H2,1H3. The molecule has 0 atom stereocenters. The molecule has 17 heavy (non-hydrogen) atoms. The smallest absolute Gasteiger partial charge is 0.316 e. The number of carbonyl (C=O) groups excluding carboxylic acids is 1. The van der Waals surface area contributed by atoms with Gasteiger partial charge in [0.1, 0.15) is 0 Å². The van der Waals surface area contributed by atoms with Crippen LogP contribution in [0.2, 0.25) is 0 Å². The SMILES string of the molecule is CCCCCCOC(=O)CSc1ccccc1. The van der Waals surface area contributed by atoms with Gasteiger partial charge in [-0.05, 0) is 18.6 Å². The number of carbonyl (C=O) groups is 1. The van der Waals surface area contributed by atoms with Crippen LogP contribution in [0.1, 0.15) is 32.6 Å². The monoisotopic (exact) mass is 252 g/mol. The minimum atomic E-state index is -0.115. The molecule has 0 fully saturated rings. The van der Waals surface area contributed by atoms with E-state index in [0.717, 1.165) is 17.7 Å². The number of hydrogen-bond acceptors (Lipinski definition) is 3. The summed E-state index contributed by atoms with van der Waals surface area (Å²) < 4.78 is 5.15. The predicted molar refractivity (Wildman–Crippen MR) is 72.3 cm³/mol. The Bertz CT molecular complexity index is 311. The van der Waals surface area contributed by atoms with Crippen LogP contribution >= 0.6 is 11.8 Å². The third kappa shape index (κ3) is 7.05. The van der Waals surface area contributed by atoms with Gasteiger partial charge in [0.25, 0.3) is 0 Å². The third-order valence-corrected chi connectivity index (χ3v) is 3.35. The zero-order valence-electron chi connectivity index (χ0n) is 10.4. The van der Waals surface area contributed by atoms with Gasteiger partial charge in [-0.2, -0.15) is 0 Å². The first-order valence-corrected chi connectivity index (χ1v) is 7.15. The van der Waals surface area contributed by atoms with Crippen LogP contribution in [0.4, 0.5) is 0 Å². The number of thioether (sulfide) groups is 1. The highest BCUT2D eigenvalue weighted by molar-refractivity contribution is 8.00. The van der Waals surface area contributed by atoms with E-state index in [2.05, 4.69) is 6.92 Å². The maximum Gasteiger partial charge on any atom is 0.316 e. The van der Waals surface area contributed by atoms with Crippen molar-refractivity contribution in [3.05, 3.63) is 30.3 Å². The van der Waals surface area contributed by atoms with Gasteiger partial charge in [-0.3, -0.25) is 4.79 Å². The summed E-state index contributed by atoms with van der Waals surface area (Å²) >= 11 is 1.52. The van der Waals surface area contributed by atoms with E-state index < -0.39 is 0 Å². The lowest BCUT2D eigenvalue weighted by molar-refractivity contribution is -0.140. The van der Waals surface area contributed by atoms with Crippen LogP contribution in [0.3, 0.4) is 0 Å².